The van der Waals surface area contributed by atoms with Crippen molar-refractivity contribution in [3.63, 3.8) is 0 Å². The summed E-state index contributed by atoms with van der Waals surface area (Å²) in [7, 11) is -0.798. The summed E-state index contributed by atoms with van der Waals surface area (Å²) in [4.78, 5) is 12.6. The Balaban J connectivity index is 2.15. The molecule has 1 heterocycles. The van der Waals surface area contributed by atoms with Gasteiger partial charge < -0.3 is 10.1 Å². The smallest absolute Gasteiger partial charge is 0.246 e. The zero-order valence-electron chi connectivity index (χ0n) is 19.5. The van der Waals surface area contributed by atoms with E-state index < -0.39 is 10.0 Å². The van der Waals surface area contributed by atoms with E-state index in [1.165, 1.54) is 20.2 Å². The van der Waals surface area contributed by atoms with Crippen molar-refractivity contribution in [2.24, 2.45) is 5.92 Å². The molecular weight excluding hydrogens is 416 g/mol. The van der Waals surface area contributed by atoms with E-state index in [1.807, 2.05) is 18.5 Å². The van der Waals surface area contributed by atoms with Crippen LogP contribution < -0.4 is 10.1 Å². The Labute approximate surface area is 185 Å². The second-order valence-electron chi connectivity index (χ2n) is 8.16. The number of rotatable bonds is 10. The lowest BCUT2D eigenvalue weighted by Crippen LogP contribution is -2.23. The fraction of sp³-hybridized carbons (Fsp3) is 0.545. The number of carbonyl (C=O) groups excluding carboxylic acids is 1. The van der Waals surface area contributed by atoms with E-state index in [4.69, 9.17) is 4.74 Å². The van der Waals surface area contributed by atoms with Crippen LogP contribution in [-0.4, -0.2) is 49.1 Å². The number of sulfonamides is 1. The first-order chi connectivity index (χ1) is 14.5. The minimum atomic E-state index is -3.72. The summed E-state index contributed by atoms with van der Waals surface area (Å²) in [5, 5.41) is 7.40. The predicted molar refractivity (Wildman–Crippen MR) is 122 cm³/mol. The van der Waals surface area contributed by atoms with Crippen molar-refractivity contribution < 1.29 is 17.9 Å². The molecule has 1 aromatic carbocycles. The Hall–Kier alpha value is -2.39. The molecule has 31 heavy (non-hydrogen) atoms. The quantitative estimate of drug-likeness (QED) is 0.599. The number of aryl methyl sites for hydroxylation is 1. The molecule has 1 N–H and O–H groups in total. The molecule has 0 atom stereocenters. The number of amides is 1. The first-order valence-corrected chi connectivity index (χ1v) is 11.9. The van der Waals surface area contributed by atoms with E-state index in [2.05, 4.69) is 24.3 Å². The number of carbonyl (C=O) groups is 1. The maximum absolute atomic E-state index is 12.7. The second kappa shape index (κ2) is 10.3. The van der Waals surface area contributed by atoms with Crippen LogP contribution in [0.2, 0.25) is 0 Å². The van der Waals surface area contributed by atoms with E-state index in [9.17, 15) is 13.2 Å². The summed E-state index contributed by atoms with van der Waals surface area (Å²) < 4.78 is 33.9. The first kappa shape index (κ1) is 24.9. The van der Waals surface area contributed by atoms with Crippen LogP contribution in [0.15, 0.2) is 23.1 Å². The predicted octanol–water partition coefficient (Wildman–Crippen LogP) is 3.38. The zero-order chi connectivity index (χ0) is 23.3. The molecule has 0 fully saturated rings. The average molecular weight is 451 g/mol. The Morgan fingerprint density at radius 2 is 1.94 bits per heavy atom. The van der Waals surface area contributed by atoms with Gasteiger partial charge in [0.25, 0.3) is 0 Å². The maximum Gasteiger partial charge on any atom is 0.246 e. The number of hydrogen-bond acceptors (Lipinski definition) is 5. The molecule has 0 saturated heterocycles. The van der Waals surface area contributed by atoms with Crippen LogP contribution in [0, 0.1) is 19.8 Å². The van der Waals surface area contributed by atoms with Crippen LogP contribution in [0.25, 0.3) is 0 Å². The summed E-state index contributed by atoms with van der Waals surface area (Å²) in [5.41, 5.74) is 3.52. The second-order valence-corrected chi connectivity index (χ2v) is 10.3. The highest BCUT2D eigenvalue weighted by Crippen LogP contribution is 2.29. The average Bonchev–Trinajstić information content (AvgIpc) is 2.93. The van der Waals surface area contributed by atoms with Gasteiger partial charge in [-0.2, -0.15) is 5.10 Å². The van der Waals surface area contributed by atoms with Crippen LogP contribution in [0.5, 0.6) is 5.75 Å². The normalized spacial score (nSPS) is 11.9. The molecule has 0 aliphatic rings. The summed E-state index contributed by atoms with van der Waals surface area (Å²) in [6, 6.07) is 4.66. The highest BCUT2D eigenvalue weighted by molar-refractivity contribution is 7.89. The molecule has 0 saturated carbocycles. The summed E-state index contributed by atoms with van der Waals surface area (Å²) in [6.45, 7) is 11.2. The number of hydrogen-bond donors (Lipinski definition) is 1. The third-order valence-electron chi connectivity index (χ3n) is 4.96. The SMILES string of the molecule is CCOc1ccc(NC(=O)CCc2c(C)nn(CC(C)C)c2C)cc1S(=O)(=O)N(C)C. The Kier molecular flexibility index (Phi) is 8.25. The van der Waals surface area contributed by atoms with Gasteiger partial charge in [0, 0.05) is 38.4 Å². The first-order valence-electron chi connectivity index (χ1n) is 10.5. The number of nitrogens with one attached hydrogen (secondary N) is 1. The van der Waals surface area contributed by atoms with Crippen molar-refractivity contribution in [3.8, 4) is 5.75 Å². The van der Waals surface area contributed by atoms with Gasteiger partial charge in [-0.3, -0.25) is 9.48 Å². The monoisotopic (exact) mass is 450 g/mol. The van der Waals surface area contributed by atoms with Gasteiger partial charge in [0.15, 0.2) is 0 Å². The van der Waals surface area contributed by atoms with E-state index in [1.54, 1.807) is 19.1 Å². The van der Waals surface area contributed by atoms with E-state index in [-0.39, 0.29) is 23.0 Å². The van der Waals surface area contributed by atoms with Crippen molar-refractivity contribution in [1.29, 1.82) is 0 Å². The Morgan fingerprint density at radius 3 is 2.52 bits per heavy atom. The maximum atomic E-state index is 12.7. The Bertz CT molecular complexity index is 1030. The number of anilines is 1. The minimum Gasteiger partial charge on any atom is -0.492 e. The molecular formula is C22H34N4O4S. The molecule has 0 aliphatic carbocycles. The van der Waals surface area contributed by atoms with E-state index in [0.29, 0.717) is 24.6 Å². The number of nitrogens with zero attached hydrogens (tertiary/aromatic N) is 3. The summed E-state index contributed by atoms with van der Waals surface area (Å²) in [5.74, 6) is 0.562. The highest BCUT2D eigenvalue weighted by Gasteiger charge is 2.23. The molecule has 2 aromatic rings. The number of ether oxygens (including phenoxy) is 1. The molecule has 9 heteroatoms. The highest BCUT2D eigenvalue weighted by atomic mass is 32.2. The van der Waals surface area contributed by atoms with Crippen molar-refractivity contribution in [2.75, 3.05) is 26.0 Å². The van der Waals surface area contributed by atoms with Gasteiger partial charge in [0.2, 0.25) is 15.9 Å². The van der Waals surface area contributed by atoms with Gasteiger partial charge in [-0.1, -0.05) is 13.8 Å². The third-order valence-corrected chi connectivity index (χ3v) is 6.79. The molecule has 8 nitrogen and oxygen atoms in total. The van der Waals surface area contributed by atoms with Crippen LogP contribution >= 0.6 is 0 Å². The van der Waals surface area contributed by atoms with Gasteiger partial charge in [0.05, 0.1) is 12.3 Å². The fourth-order valence-corrected chi connectivity index (χ4v) is 4.39. The van der Waals surface area contributed by atoms with Crippen molar-refractivity contribution in [2.45, 2.75) is 58.9 Å². The van der Waals surface area contributed by atoms with Crippen LogP contribution in [0.1, 0.15) is 44.1 Å². The van der Waals surface area contributed by atoms with Gasteiger partial charge >= 0.3 is 0 Å². The molecule has 2 rings (SSSR count). The lowest BCUT2D eigenvalue weighted by Gasteiger charge is -2.16. The Morgan fingerprint density at radius 1 is 1.26 bits per heavy atom. The van der Waals surface area contributed by atoms with Crippen molar-refractivity contribution in [1.82, 2.24) is 14.1 Å². The lowest BCUT2D eigenvalue weighted by molar-refractivity contribution is -0.116. The number of aromatic nitrogens is 2. The summed E-state index contributed by atoms with van der Waals surface area (Å²) in [6.07, 6.45) is 0.847. The van der Waals surface area contributed by atoms with Crippen LogP contribution in [-0.2, 0) is 27.8 Å². The summed E-state index contributed by atoms with van der Waals surface area (Å²) >= 11 is 0. The minimum absolute atomic E-state index is 0.0267. The standard InChI is InChI=1S/C22H34N4O4S/c1-8-30-20-11-9-18(13-21(20)31(28,29)25(6)7)23-22(27)12-10-19-16(4)24-26(17(19)5)14-15(2)3/h9,11,13,15H,8,10,12,14H2,1-7H3,(H,23,27). The van der Waals surface area contributed by atoms with Crippen molar-refractivity contribution in [3.05, 3.63) is 35.2 Å². The van der Waals surface area contributed by atoms with E-state index >= 15 is 0 Å². The fourth-order valence-electron chi connectivity index (χ4n) is 3.34. The molecule has 0 unspecified atom stereocenters. The molecule has 0 bridgehead atoms. The molecule has 172 valence electrons. The molecule has 0 aliphatic heterocycles. The van der Waals surface area contributed by atoms with E-state index in [0.717, 1.165) is 27.8 Å². The topological polar surface area (TPSA) is 93.5 Å². The molecule has 0 radical (unpaired) electrons. The van der Waals surface area contributed by atoms with Gasteiger partial charge in [0.1, 0.15) is 10.6 Å². The van der Waals surface area contributed by atoms with Gasteiger partial charge in [-0.15, -0.1) is 0 Å². The van der Waals surface area contributed by atoms with Gasteiger partial charge in [-0.25, -0.2) is 12.7 Å². The largest absolute Gasteiger partial charge is 0.492 e. The number of benzene rings is 1. The van der Waals surface area contributed by atoms with Crippen molar-refractivity contribution >= 4 is 21.6 Å². The lowest BCUT2D eigenvalue weighted by atomic mass is 10.1. The van der Waals surface area contributed by atoms with Gasteiger partial charge in [-0.05, 0) is 56.9 Å². The zero-order valence-corrected chi connectivity index (χ0v) is 20.3. The van der Waals surface area contributed by atoms with Crippen LogP contribution in [0.3, 0.4) is 0 Å². The third kappa shape index (κ3) is 6.07. The van der Waals surface area contributed by atoms with Crippen LogP contribution in [0.4, 0.5) is 5.69 Å². The molecule has 1 amide bonds. The molecule has 0 spiro atoms. The molecule has 1 aromatic heterocycles.